The van der Waals surface area contributed by atoms with Crippen LogP contribution in [0.5, 0.6) is 5.75 Å². The van der Waals surface area contributed by atoms with E-state index in [1.807, 2.05) is 6.07 Å². The first-order chi connectivity index (χ1) is 14.8. The molecule has 0 fully saturated rings. The summed E-state index contributed by atoms with van der Waals surface area (Å²) in [4.78, 5) is 0. The molecule has 30 heavy (non-hydrogen) atoms. The van der Waals surface area contributed by atoms with Crippen LogP contribution in [-0.4, -0.2) is 14.9 Å². The van der Waals surface area contributed by atoms with Gasteiger partial charge in [0.25, 0.3) is 0 Å². The zero-order chi connectivity index (χ0) is 20.3. The summed E-state index contributed by atoms with van der Waals surface area (Å²) in [5.74, 6) is 1.12. The average Bonchev–Trinajstić information content (AvgIpc) is 3.23. The van der Waals surface area contributed by atoms with Crippen LogP contribution in [0.3, 0.4) is 0 Å². The number of nitrogens with zero attached hydrogens (tertiary/aromatic N) is 2. The van der Waals surface area contributed by atoms with Crippen LogP contribution in [0.25, 0.3) is 0 Å². The van der Waals surface area contributed by atoms with Crippen molar-refractivity contribution in [1.29, 1.82) is 0 Å². The first-order valence-corrected chi connectivity index (χ1v) is 10.7. The van der Waals surface area contributed by atoms with Gasteiger partial charge in [0.15, 0.2) is 0 Å². The van der Waals surface area contributed by atoms with E-state index in [4.69, 9.17) is 5.10 Å². The predicted octanol–water partition coefficient (Wildman–Crippen LogP) is 5.57. The molecule has 3 nitrogen and oxygen atoms in total. The van der Waals surface area contributed by atoms with Gasteiger partial charge in [0.05, 0.1) is 11.6 Å². The van der Waals surface area contributed by atoms with Crippen LogP contribution in [0.2, 0.25) is 0 Å². The van der Waals surface area contributed by atoms with Crippen molar-refractivity contribution in [3.8, 4) is 5.75 Å². The highest BCUT2D eigenvalue weighted by Gasteiger charge is 2.23. The van der Waals surface area contributed by atoms with E-state index >= 15 is 0 Å². The molecule has 1 aromatic heterocycles. The van der Waals surface area contributed by atoms with E-state index in [1.165, 1.54) is 16.7 Å². The number of phenolic OH excluding ortho intramolecular Hbond substituents is 1. The lowest BCUT2D eigenvalue weighted by Crippen LogP contribution is -2.20. The monoisotopic (exact) mass is 394 g/mol. The average molecular weight is 395 g/mol. The van der Waals surface area contributed by atoms with E-state index < -0.39 is 0 Å². The molecule has 1 N–H and O–H groups in total. The Morgan fingerprint density at radius 1 is 0.867 bits per heavy atom. The Morgan fingerprint density at radius 2 is 1.57 bits per heavy atom. The maximum Gasteiger partial charge on any atom is 0.119 e. The molecule has 1 heterocycles. The number of aromatic nitrogens is 2. The molecule has 1 atom stereocenters. The maximum atomic E-state index is 10.1. The first kappa shape index (κ1) is 18.7. The Morgan fingerprint density at radius 3 is 2.27 bits per heavy atom. The summed E-state index contributed by atoms with van der Waals surface area (Å²) in [5, 5.41) is 15.1. The van der Waals surface area contributed by atoms with Gasteiger partial charge in [-0.05, 0) is 59.6 Å². The zero-order valence-corrected chi connectivity index (χ0v) is 17.0. The number of rotatable bonds is 5. The number of hydrogen-bond acceptors (Lipinski definition) is 2. The van der Waals surface area contributed by atoms with Crippen molar-refractivity contribution in [3.05, 3.63) is 119 Å². The van der Waals surface area contributed by atoms with Crippen molar-refractivity contribution < 1.29 is 5.11 Å². The van der Waals surface area contributed by atoms with E-state index in [2.05, 4.69) is 83.7 Å². The lowest BCUT2D eigenvalue weighted by Gasteiger charge is -2.25. The Balaban J connectivity index is 1.39. The van der Waals surface area contributed by atoms with Crippen LogP contribution >= 0.6 is 0 Å². The number of phenols is 1. The van der Waals surface area contributed by atoms with Gasteiger partial charge in [-0.1, -0.05) is 72.8 Å². The lowest BCUT2D eigenvalue weighted by molar-refractivity contribution is 0.367. The van der Waals surface area contributed by atoms with Crippen LogP contribution in [0.15, 0.2) is 91.1 Å². The van der Waals surface area contributed by atoms with Crippen molar-refractivity contribution in [2.45, 2.75) is 31.7 Å². The minimum atomic E-state index is 0.137. The molecule has 0 aliphatic heterocycles. The van der Waals surface area contributed by atoms with Crippen LogP contribution in [0.1, 0.15) is 40.3 Å². The van der Waals surface area contributed by atoms with Crippen molar-refractivity contribution in [2.24, 2.45) is 5.92 Å². The molecule has 0 saturated heterocycles. The highest BCUT2D eigenvalue weighted by molar-refractivity contribution is 5.41. The smallest absolute Gasteiger partial charge is 0.119 e. The van der Waals surface area contributed by atoms with Crippen LogP contribution < -0.4 is 0 Å². The molecule has 3 aromatic carbocycles. The third-order valence-corrected chi connectivity index (χ3v) is 6.23. The van der Waals surface area contributed by atoms with Gasteiger partial charge in [-0.25, -0.2) is 0 Å². The highest BCUT2D eigenvalue weighted by atomic mass is 16.3. The van der Waals surface area contributed by atoms with Gasteiger partial charge in [0, 0.05) is 12.7 Å². The second-order valence-corrected chi connectivity index (χ2v) is 8.24. The van der Waals surface area contributed by atoms with Crippen molar-refractivity contribution in [3.63, 3.8) is 0 Å². The van der Waals surface area contributed by atoms with Gasteiger partial charge < -0.3 is 5.11 Å². The normalized spacial score (nSPS) is 15.8. The van der Waals surface area contributed by atoms with E-state index in [1.54, 1.807) is 6.07 Å². The van der Waals surface area contributed by atoms with Gasteiger partial charge in [-0.15, -0.1) is 0 Å². The molecule has 0 radical (unpaired) electrons. The Kier molecular flexibility index (Phi) is 5.10. The molecule has 0 saturated carbocycles. The Bertz CT molecular complexity index is 1080. The number of hydrogen-bond donors (Lipinski definition) is 1. The summed E-state index contributed by atoms with van der Waals surface area (Å²) in [6.07, 6.45) is 5.14. The van der Waals surface area contributed by atoms with Gasteiger partial charge in [-0.3, -0.25) is 4.68 Å². The van der Waals surface area contributed by atoms with Crippen LogP contribution in [0.4, 0.5) is 0 Å². The molecule has 0 amide bonds. The molecule has 3 heteroatoms. The molecule has 1 unspecified atom stereocenters. The molecule has 0 spiro atoms. The molecular weight excluding hydrogens is 368 g/mol. The molecule has 1 aliphatic rings. The molecule has 5 rings (SSSR count). The van der Waals surface area contributed by atoms with Gasteiger partial charge in [-0.2, -0.15) is 5.10 Å². The molecular formula is C27H26N2O. The quantitative estimate of drug-likeness (QED) is 0.480. The van der Waals surface area contributed by atoms with Gasteiger partial charge >= 0.3 is 0 Å². The third kappa shape index (κ3) is 3.76. The molecule has 1 aliphatic carbocycles. The lowest BCUT2D eigenvalue weighted by atomic mass is 9.83. The second kappa shape index (κ2) is 8.19. The number of aromatic hydroxyl groups is 1. The van der Waals surface area contributed by atoms with E-state index in [-0.39, 0.29) is 5.92 Å². The standard InChI is InChI=1S/C27H26N2O/c30-26-13-7-12-23-18-20(14-15-24(23)26)19-29-17-16-25(28-29)27(21-8-3-1-4-9-21)22-10-5-2-6-11-22/h1-13,16-17,20,27,30H,14-15,18-19H2. The largest absolute Gasteiger partial charge is 0.508 e. The predicted molar refractivity (Wildman–Crippen MR) is 120 cm³/mol. The van der Waals surface area contributed by atoms with E-state index in [0.717, 1.165) is 37.1 Å². The van der Waals surface area contributed by atoms with Gasteiger partial charge in [0.1, 0.15) is 5.75 Å². The summed E-state index contributed by atoms with van der Waals surface area (Å²) >= 11 is 0. The Hall–Kier alpha value is -3.33. The number of fused-ring (bicyclic) bond motifs is 1. The van der Waals surface area contributed by atoms with Crippen molar-refractivity contribution in [1.82, 2.24) is 9.78 Å². The summed E-state index contributed by atoms with van der Waals surface area (Å²) in [6.45, 7) is 0.908. The van der Waals surface area contributed by atoms with Crippen molar-refractivity contribution >= 4 is 0 Å². The number of benzene rings is 3. The minimum Gasteiger partial charge on any atom is -0.508 e. The second-order valence-electron chi connectivity index (χ2n) is 8.24. The molecule has 4 aromatic rings. The summed E-state index contributed by atoms with van der Waals surface area (Å²) < 4.78 is 2.10. The Labute approximate surface area is 177 Å². The minimum absolute atomic E-state index is 0.137. The third-order valence-electron chi connectivity index (χ3n) is 6.23. The fourth-order valence-corrected chi connectivity index (χ4v) is 4.74. The summed E-state index contributed by atoms with van der Waals surface area (Å²) in [5.41, 5.74) is 6.02. The topological polar surface area (TPSA) is 38.0 Å². The van der Waals surface area contributed by atoms with E-state index in [9.17, 15) is 5.11 Å². The van der Waals surface area contributed by atoms with E-state index in [0.29, 0.717) is 11.7 Å². The zero-order valence-electron chi connectivity index (χ0n) is 17.0. The molecule has 0 bridgehead atoms. The van der Waals surface area contributed by atoms with Crippen LogP contribution in [-0.2, 0) is 19.4 Å². The fraction of sp³-hybridized carbons (Fsp3) is 0.222. The van der Waals surface area contributed by atoms with Crippen molar-refractivity contribution in [2.75, 3.05) is 0 Å². The summed E-state index contributed by atoms with van der Waals surface area (Å²) in [6, 6.07) is 29.3. The maximum absolute atomic E-state index is 10.1. The highest BCUT2D eigenvalue weighted by Crippen LogP contribution is 2.33. The first-order valence-electron chi connectivity index (χ1n) is 10.7. The molecule has 150 valence electrons. The summed E-state index contributed by atoms with van der Waals surface area (Å²) in [7, 11) is 0. The van der Waals surface area contributed by atoms with Crippen LogP contribution in [0, 0.1) is 5.92 Å². The van der Waals surface area contributed by atoms with Gasteiger partial charge in [0.2, 0.25) is 0 Å². The SMILES string of the molecule is Oc1cccc2c1CCC(Cn1ccc(C(c3ccccc3)c3ccccc3)n1)C2. The fourth-order valence-electron chi connectivity index (χ4n) is 4.74.